The summed E-state index contributed by atoms with van der Waals surface area (Å²) in [5, 5.41) is 3.18. The summed E-state index contributed by atoms with van der Waals surface area (Å²) in [5.41, 5.74) is 9.21. The number of nitrogens with two attached hydrogens (primary N) is 2. The van der Waals surface area contributed by atoms with Crippen LogP contribution in [0.5, 0.6) is 0 Å². The lowest BCUT2D eigenvalue weighted by atomic mass is 10.3. The van der Waals surface area contributed by atoms with E-state index in [1.54, 1.807) is 49.2 Å². The second-order valence-corrected chi connectivity index (χ2v) is 22.8. The van der Waals surface area contributed by atoms with Crippen molar-refractivity contribution in [1.29, 1.82) is 0 Å². The summed E-state index contributed by atoms with van der Waals surface area (Å²) >= 11 is 0. The van der Waals surface area contributed by atoms with E-state index in [0.29, 0.717) is 5.56 Å². The number of hydrogen-bond acceptors (Lipinski definition) is 18. The predicted molar refractivity (Wildman–Crippen MR) is 233 cm³/mol. The average molecular weight is 963 g/mol. The number of anilines is 2. The molecule has 4 unspecified atom stereocenters. The zero-order valence-corrected chi connectivity index (χ0v) is 39.3. The van der Waals surface area contributed by atoms with Gasteiger partial charge >= 0.3 is 32.4 Å². The van der Waals surface area contributed by atoms with Crippen molar-refractivity contribution in [3.05, 3.63) is 78.1 Å². The molecule has 0 saturated carbocycles. The van der Waals surface area contributed by atoms with Crippen LogP contribution in [0.4, 0.5) is 11.6 Å². The highest BCUT2D eigenvalue weighted by Crippen LogP contribution is 2.57. The predicted octanol–water partition coefficient (Wildman–Crippen LogP) is -1.25. The molecule has 27 nitrogen and oxygen atoms in total. The van der Waals surface area contributed by atoms with E-state index in [0.717, 1.165) is 0 Å². The van der Waals surface area contributed by atoms with E-state index in [-0.39, 0.29) is 70.7 Å². The molecule has 0 bridgehead atoms. The molecule has 0 radical (unpaired) electrons. The number of nitrogens with one attached hydrogen (secondary N) is 2. The van der Waals surface area contributed by atoms with Crippen LogP contribution < -0.4 is 39.4 Å². The number of hydrogen-bond donors (Lipinski definition) is 4. The maximum absolute atomic E-state index is 15.2. The molecule has 3 aromatic rings. The Kier molecular flexibility index (Phi) is 16.2. The molecular weight excluding hydrogens is 905 g/mol. The van der Waals surface area contributed by atoms with Crippen LogP contribution in [-0.4, -0.2) is 172 Å². The van der Waals surface area contributed by atoms with E-state index < -0.39 is 83.1 Å². The number of aromatic amines is 1. The second-order valence-electron chi connectivity index (χ2n) is 15.8. The zero-order valence-electron chi connectivity index (χ0n) is 36.5. The molecule has 3 aliphatic rings. The van der Waals surface area contributed by atoms with Gasteiger partial charge in [-0.1, -0.05) is 0 Å². The molecule has 3 fully saturated rings. The van der Waals surface area contributed by atoms with Crippen LogP contribution >= 0.6 is 23.5 Å². The zero-order chi connectivity index (χ0) is 46.7. The molecule has 0 aromatic carbocycles. The topological polar surface area (TPSA) is 312 Å². The van der Waals surface area contributed by atoms with E-state index in [2.05, 4.69) is 20.3 Å². The summed E-state index contributed by atoms with van der Waals surface area (Å²) in [6.45, 7) is 0.887. The molecule has 64 heavy (non-hydrogen) atoms. The van der Waals surface area contributed by atoms with Gasteiger partial charge in [-0.2, -0.15) is 9.97 Å². The normalized spacial score (nSPS) is 26.2. The van der Waals surface area contributed by atoms with Crippen LogP contribution in [0.15, 0.2) is 49.9 Å². The highest BCUT2D eigenvalue weighted by atomic mass is 31.2. The lowest BCUT2D eigenvalue weighted by Crippen LogP contribution is -2.51. The second kappa shape index (κ2) is 20.8. The molecule has 0 spiro atoms. The maximum atomic E-state index is 15.2. The molecule has 30 heteroatoms. The van der Waals surface area contributed by atoms with Crippen molar-refractivity contribution in [3.8, 4) is 0 Å². The number of nitrogens with zero attached hydrogens (tertiary/aromatic N) is 10. The minimum Gasteiger partial charge on any atom is -0.383 e. The molecule has 3 aliphatic heterocycles. The minimum absolute atomic E-state index is 0.00889. The van der Waals surface area contributed by atoms with Gasteiger partial charge in [-0.25, -0.2) is 37.7 Å². The van der Waals surface area contributed by atoms with Crippen molar-refractivity contribution in [2.24, 2.45) is 0 Å². The summed E-state index contributed by atoms with van der Waals surface area (Å²) in [4.78, 5) is 60.7. The minimum atomic E-state index is -4.06. The first-order valence-corrected chi connectivity index (χ1v) is 24.4. The number of nitrogen functional groups attached to an aromatic ring is 2. The highest BCUT2D eigenvalue weighted by Gasteiger charge is 2.46. The molecular formula is C34H57N14O13P3. The van der Waals surface area contributed by atoms with Gasteiger partial charge in [0.2, 0.25) is 0 Å². The van der Waals surface area contributed by atoms with Gasteiger partial charge in [-0.05, 0) is 61.3 Å². The lowest BCUT2D eigenvalue weighted by Gasteiger charge is -2.45. The number of aromatic nitrogens is 6. The molecule has 0 amide bonds. The monoisotopic (exact) mass is 962 g/mol. The molecule has 9 atom stereocenters. The number of H-pyrrole nitrogens is 1. The molecule has 0 aliphatic carbocycles. The molecule has 6 N–H and O–H groups in total. The van der Waals surface area contributed by atoms with Crippen LogP contribution in [-0.2, 0) is 41.5 Å². The number of ether oxygens (including phenoxy) is 3. The van der Waals surface area contributed by atoms with Gasteiger partial charge in [0.15, 0.2) is 18.7 Å². The van der Waals surface area contributed by atoms with Gasteiger partial charge < -0.3 is 44.6 Å². The number of morpholine rings is 3. The fraction of sp³-hybridized carbons (Fsp3) is 0.647. The molecule has 3 aromatic heterocycles. The molecule has 356 valence electrons. The standard InChI is InChI=1S/C34H57N14O13P3/c1-22-14-48(34(52)40-31(22)49)28-13-37-12-23(59-28)20-57-63(54,42(4)5)45-16-25(61-30(18-45)47-11-9-27(36)39-33(47)51)21-58-64(55,43(6)7)44-15-24(19-56-62(53)41(2)3)60-29(17-44)46-10-8-26(35)38-32(46)50/h8-11,14,23-25,28-30,37,62H,12-13,15-21H2,1-7H3,(H2,35,38,50)(H2,36,39,51)(H,40,49,52)/t23-,24-,25-,28?,29?,30?,63-,64-/m0/s1. The number of aryl methyl sites for hydroxylation is 1. The first-order chi connectivity index (χ1) is 30.2. The van der Waals surface area contributed by atoms with E-state index in [1.807, 2.05) is 0 Å². The van der Waals surface area contributed by atoms with Crippen molar-refractivity contribution < 1.29 is 41.5 Å². The summed E-state index contributed by atoms with van der Waals surface area (Å²) in [5.74, 6) is -0.0363. The van der Waals surface area contributed by atoms with Crippen LogP contribution in [0.1, 0.15) is 24.2 Å². The van der Waals surface area contributed by atoms with Crippen molar-refractivity contribution in [3.63, 3.8) is 0 Å². The Morgan fingerprint density at radius 3 is 1.70 bits per heavy atom. The van der Waals surface area contributed by atoms with Crippen molar-refractivity contribution in [2.75, 3.05) is 113 Å². The highest BCUT2D eigenvalue weighted by molar-refractivity contribution is 7.54. The number of rotatable bonds is 17. The Morgan fingerprint density at radius 2 is 1.22 bits per heavy atom. The van der Waals surface area contributed by atoms with Crippen LogP contribution in [0.3, 0.4) is 0 Å². The van der Waals surface area contributed by atoms with Gasteiger partial charge in [0, 0.05) is 50.3 Å². The smallest absolute Gasteiger partial charge is 0.351 e. The van der Waals surface area contributed by atoms with Gasteiger partial charge in [-0.15, -0.1) is 0 Å². The third kappa shape index (κ3) is 11.4. The van der Waals surface area contributed by atoms with E-state index in [1.165, 1.54) is 67.8 Å². The molecule has 6 heterocycles. The SMILES string of the molecule is Cc1cn(C2CNC[C@@H](CO[P@@](=O)(N(C)C)N3CC(n4ccc(N)nc4=O)O[C@H](CO[P@@](=O)(N(C)C)N4CC(n5ccc(N)nc5=O)O[C@H](CO[PH](=O)N(C)C)C4)C3)O2)c(=O)[nH]c1=O. The Bertz CT molecular complexity index is 2480. The molecule has 6 rings (SSSR count). The van der Waals surface area contributed by atoms with E-state index in [4.69, 9.17) is 39.2 Å². The third-order valence-corrected chi connectivity index (χ3v) is 16.6. The Balaban J connectivity index is 1.25. The van der Waals surface area contributed by atoms with Crippen molar-refractivity contribution in [2.45, 2.75) is 43.9 Å². The Hall–Kier alpha value is -3.75. The van der Waals surface area contributed by atoms with Crippen LogP contribution in [0.2, 0.25) is 0 Å². The average Bonchev–Trinajstić information content (AvgIpc) is 3.24. The summed E-state index contributed by atoms with van der Waals surface area (Å²) < 4.78 is 90.6. The fourth-order valence-corrected chi connectivity index (χ4v) is 11.7. The quantitative estimate of drug-likeness (QED) is 0.115. The lowest BCUT2D eigenvalue weighted by molar-refractivity contribution is -0.128. The Morgan fingerprint density at radius 1 is 0.734 bits per heavy atom. The summed E-state index contributed by atoms with van der Waals surface area (Å²) in [6.07, 6.45) is -1.36. The largest absolute Gasteiger partial charge is 0.383 e. The van der Waals surface area contributed by atoms with E-state index in [9.17, 15) is 23.7 Å². The van der Waals surface area contributed by atoms with Crippen molar-refractivity contribution >= 4 is 35.2 Å². The van der Waals surface area contributed by atoms with E-state index >= 15 is 9.13 Å². The first-order valence-electron chi connectivity index (χ1n) is 20.1. The Labute approximate surface area is 368 Å². The maximum Gasteiger partial charge on any atom is 0.351 e. The summed E-state index contributed by atoms with van der Waals surface area (Å²) in [7, 11) is -1.30. The van der Waals surface area contributed by atoms with Gasteiger partial charge in [-0.3, -0.25) is 37.2 Å². The third-order valence-electron chi connectivity index (χ3n) is 10.4. The van der Waals surface area contributed by atoms with Crippen molar-refractivity contribution in [1.82, 2.24) is 57.3 Å². The first kappa shape index (κ1) is 49.7. The fourth-order valence-electron chi connectivity index (χ4n) is 7.09. The van der Waals surface area contributed by atoms with Gasteiger partial charge in [0.05, 0.1) is 51.2 Å². The molecule has 3 saturated heterocycles. The van der Waals surface area contributed by atoms with Crippen LogP contribution in [0, 0.1) is 6.92 Å². The van der Waals surface area contributed by atoms with Gasteiger partial charge in [0.1, 0.15) is 11.6 Å². The van der Waals surface area contributed by atoms with Crippen LogP contribution in [0.25, 0.3) is 0 Å². The van der Waals surface area contributed by atoms with Gasteiger partial charge in [0.25, 0.3) is 13.7 Å². The summed E-state index contributed by atoms with van der Waals surface area (Å²) in [6, 6.07) is 2.82.